The van der Waals surface area contributed by atoms with E-state index in [1.54, 1.807) is 6.07 Å². The standard InChI is InChI=1S/C12H14BrClFNO2/c13-10-6-9(7-11(15)8-10)12(17)16-3-1-4-18-5-2-14/h6-8H,1-5H2,(H,16,17). The lowest BCUT2D eigenvalue weighted by Gasteiger charge is -2.06. The van der Waals surface area contributed by atoms with E-state index in [0.29, 0.717) is 42.1 Å². The average Bonchev–Trinajstić information content (AvgIpc) is 2.32. The first-order chi connectivity index (χ1) is 8.63. The number of amides is 1. The van der Waals surface area contributed by atoms with Crippen LogP contribution in [0.4, 0.5) is 4.39 Å². The van der Waals surface area contributed by atoms with Crippen LogP contribution in [0.1, 0.15) is 16.8 Å². The molecule has 0 atom stereocenters. The van der Waals surface area contributed by atoms with Crippen molar-refractivity contribution in [2.75, 3.05) is 25.6 Å². The predicted octanol–water partition coefficient (Wildman–Crippen LogP) is 2.96. The van der Waals surface area contributed by atoms with Crippen molar-refractivity contribution in [3.63, 3.8) is 0 Å². The van der Waals surface area contributed by atoms with Crippen molar-refractivity contribution < 1.29 is 13.9 Å². The Hall–Kier alpha value is -0.650. The first kappa shape index (κ1) is 15.4. The van der Waals surface area contributed by atoms with Crippen LogP contribution >= 0.6 is 27.5 Å². The average molecular weight is 339 g/mol. The van der Waals surface area contributed by atoms with Crippen LogP contribution in [0.2, 0.25) is 0 Å². The van der Waals surface area contributed by atoms with E-state index in [4.69, 9.17) is 16.3 Å². The van der Waals surface area contributed by atoms with Crippen LogP contribution < -0.4 is 5.32 Å². The Morgan fingerprint density at radius 3 is 2.83 bits per heavy atom. The van der Waals surface area contributed by atoms with Gasteiger partial charge >= 0.3 is 0 Å². The largest absolute Gasteiger partial charge is 0.380 e. The number of hydrogen-bond donors (Lipinski definition) is 1. The van der Waals surface area contributed by atoms with E-state index in [1.165, 1.54) is 12.1 Å². The zero-order chi connectivity index (χ0) is 13.4. The molecular formula is C12H14BrClFNO2. The molecule has 0 unspecified atom stereocenters. The molecule has 0 aliphatic heterocycles. The highest BCUT2D eigenvalue weighted by molar-refractivity contribution is 9.10. The predicted molar refractivity (Wildman–Crippen MR) is 72.6 cm³/mol. The number of nitrogens with one attached hydrogen (secondary N) is 1. The van der Waals surface area contributed by atoms with Crippen molar-refractivity contribution in [2.45, 2.75) is 6.42 Å². The van der Waals surface area contributed by atoms with Crippen molar-refractivity contribution >= 4 is 33.4 Å². The van der Waals surface area contributed by atoms with Crippen LogP contribution in [0.3, 0.4) is 0 Å². The van der Waals surface area contributed by atoms with Gasteiger partial charge in [-0.05, 0) is 24.6 Å². The van der Waals surface area contributed by atoms with E-state index in [2.05, 4.69) is 21.2 Å². The van der Waals surface area contributed by atoms with Gasteiger partial charge in [-0.2, -0.15) is 0 Å². The number of hydrogen-bond acceptors (Lipinski definition) is 2. The molecule has 0 saturated carbocycles. The first-order valence-electron chi connectivity index (χ1n) is 5.51. The summed E-state index contributed by atoms with van der Waals surface area (Å²) in [6.45, 7) is 1.53. The molecular weight excluding hydrogens is 324 g/mol. The molecule has 0 heterocycles. The van der Waals surface area contributed by atoms with Crippen LogP contribution in [0.15, 0.2) is 22.7 Å². The molecule has 0 aromatic heterocycles. The summed E-state index contributed by atoms with van der Waals surface area (Å²) in [5.41, 5.74) is 0.295. The Balaban J connectivity index is 2.32. The van der Waals surface area contributed by atoms with Gasteiger partial charge in [-0.1, -0.05) is 15.9 Å². The van der Waals surface area contributed by atoms with Gasteiger partial charge in [0.25, 0.3) is 5.91 Å². The van der Waals surface area contributed by atoms with Gasteiger partial charge in [0.15, 0.2) is 0 Å². The molecule has 0 spiro atoms. The van der Waals surface area contributed by atoms with E-state index in [0.717, 1.165) is 0 Å². The summed E-state index contributed by atoms with van der Waals surface area (Å²) in [6, 6.07) is 4.07. The fourth-order valence-corrected chi connectivity index (χ4v) is 1.89. The van der Waals surface area contributed by atoms with Gasteiger partial charge in [0.1, 0.15) is 5.82 Å². The number of ether oxygens (including phenoxy) is 1. The molecule has 1 N–H and O–H groups in total. The van der Waals surface area contributed by atoms with E-state index in [9.17, 15) is 9.18 Å². The molecule has 1 rings (SSSR count). The number of alkyl halides is 1. The highest BCUT2D eigenvalue weighted by atomic mass is 79.9. The second kappa shape index (κ2) is 8.45. The number of rotatable bonds is 7. The Kier molecular flexibility index (Phi) is 7.23. The van der Waals surface area contributed by atoms with Crippen molar-refractivity contribution in [3.05, 3.63) is 34.1 Å². The summed E-state index contributed by atoms with van der Waals surface area (Å²) in [5.74, 6) is -0.281. The summed E-state index contributed by atoms with van der Waals surface area (Å²) < 4.78 is 18.8. The Morgan fingerprint density at radius 1 is 1.39 bits per heavy atom. The van der Waals surface area contributed by atoms with Crippen LogP contribution in [-0.4, -0.2) is 31.5 Å². The minimum absolute atomic E-state index is 0.295. The lowest BCUT2D eigenvalue weighted by atomic mass is 10.2. The third kappa shape index (κ3) is 5.80. The molecule has 0 bridgehead atoms. The zero-order valence-electron chi connectivity index (χ0n) is 9.72. The Labute approximate surface area is 119 Å². The first-order valence-corrected chi connectivity index (χ1v) is 6.84. The molecule has 6 heteroatoms. The maximum absolute atomic E-state index is 13.1. The highest BCUT2D eigenvalue weighted by Gasteiger charge is 2.07. The summed E-state index contributed by atoms with van der Waals surface area (Å²) in [7, 11) is 0. The normalized spacial score (nSPS) is 10.4. The maximum Gasteiger partial charge on any atom is 0.251 e. The molecule has 3 nitrogen and oxygen atoms in total. The molecule has 1 aromatic rings. The summed E-state index contributed by atoms with van der Waals surface area (Å²) >= 11 is 8.58. The topological polar surface area (TPSA) is 38.3 Å². The van der Waals surface area contributed by atoms with E-state index in [1.807, 2.05) is 0 Å². The van der Waals surface area contributed by atoms with Gasteiger partial charge in [0, 0.05) is 29.1 Å². The molecule has 0 aliphatic rings. The summed E-state index contributed by atoms with van der Waals surface area (Å²) in [5, 5.41) is 2.69. The molecule has 0 radical (unpaired) electrons. The molecule has 0 saturated heterocycles. The SMILES string of the molecule is O=C(NCCCOCCCl)c1cc(F)cc(Br)c1. The van der Waals surface area contributed by atoms with Gasteiger partial charge in [-0.25, -0.2) is 4.39 Å². The maximum atomic E-state index is 13.1. The smallest absolute Gasteiger partial charge is 0.251 e. The minimum atomic E-state index is -0.444. The van der Waals surface area contributed by atoms with Crippen LogP contribution in [-0.2, 0) is 4.74 Å². The van der Waals surface area contributed by atoms with Gasteiger partial charge in [0.2, 0.25) is 0 Å². The third-order valence-electron chi connectivity index (χ3n) is 2.10. The second-order valence-electron chi connectivity index (χ2n) is 3.57. The van der Waals surface area contributed by atoms with E-state index in [-0.39, 0.29) is 5.91 Å². The fraction of sp³-hybridized carbons (Fsp3) is 0.417. The Morgan fingerprint density at radius 2 is 2.17 bits per heavy atom. The van der Waals surface area contributed by atoms with Crippen molar-refractivity contribution in [1.29, 1.82) is 0 Å². The van der Waals surface area contributed by atoms with Gasteiger partial charge in [-0.15, -0.1) is 11.6 Å². The zero-order valence-corrected chi connectivity index (χ0v) is 12.1. The minimum Gasteiger partial charge on any atom is -0.380 e. The lowest BCUT2D eigenvalue weighted by molar-refractivity contribution is 0.0944. The van der Waals surface area contributed by atoms with E-state index < -0.39 is 5.82 Å². The van der Waals surface area contributed by atoms with Crippen LogP contribution in [0.25, 0.3) is 0 Å². The molecule has 100 valence electrons. The van der Waals surface area contributed by atoms with Crippen LogP contribution in [0.5, 0.6) is 0 Å². The lowest BCUT2D eigenvalue weighted by Crippen LogP contribution is -2.25. The number of carbonyl (C=O) groups excluding carboxylic acids is 1. The van der Waals surface area contributed by atoms with Crippen molar-refractivity contribution in [2.24, 2.45) is 0 Å². The van der Waals surface area contributed by atoms with Gasteiger partial charge in [-0.3, -0.25) is 4.79 Å². The quantitative estimate of drug-likeness (QED) is 0.613. The number of benzene rings is 1. The van der Waals surface area contributed by atoms with Crippen molar-refractivity contribution in [1.82, 2.24) is 5.32 Å². The van der Waals surface area contributed by atoms with Crippen LogP contribution in [0, 0.1) is 5.82 Å². The number of halogens is 3. The summed E-state index contributed by atoms with van der Waals surface area (Å²) in [6.07, 6.45) is 0.694. The monoisotopic (exact) mass is 337 g/mol. The number of carbonyl (C=O) groups is 1. The highest BCUT2D eigenvalue weighted by Crippen LogP contribution is 2.14. The molecule has 18 heavy (non-hydrogen) atoms. The summed E-state index contributed by atoms with van der Waals surface area (Å²) in [4.78, 5) is 11.7. The van der Waals surface area contributed by atoms with Crippen molar-refractivity contribution in [3.8, 4) is 0 Å². The second-order valence-corrected chi connectivity index (χ2v) is 4.86. The molecule has 1 amide bonds. The molecule has 0 aliphatic carbocycles. The third-order valence-corrected chi connectivity index (χ3v) is 2.71. The molecule has 0 fully saturated rings. The van der Waals surface area contributed by atoms with Gasteiger partial charge < -0.3 is 10.1 Å². The van der Waals surface area contributed by atoms with E-state index >= 15 is 0 Å². The van der Waals surface area contributed by atoms with Gasteiger partial charge in [0.05, 0.1) is 6.61 Å². The fourth-order valence-electron chi connectivity index (χ4n) is 1.32. The Bertz CT molecular complexity index is 383. The molecule has 1 aromatic carbocycles.